The van der Waals surface area contributed by atoms with Crippen LogP contribution in [0.15, 0.2) is 12.3 Å². The lowest BCUT2D eigenvalue weighted by Crippen LogP contribution is -2.38. The number of pyridine rings is 1. The molecule has 0 saturated carbocycles. The molecule has 1 aliphatic heterocycles. The predicted octanol–water partition coefficient (Wildman–Crippen LogP) is 1.53. The van der Waals surface area contributed by atoms with Gasteiger partial charge >= 0.3 is 0 Å². The predicted molar refractivity (Wildman–Crippen MR) is 77.9 cm³/mol. The number of hydrogen-bond acceptors (Lipinski definition) is 4. The Balaban J connectivity index is 1.73. The second-order valence-electron chi connectivity index (χ2n) is 5.19. The molecule has 3 heterocycles. The van der Waals surface area contributed by atoms with Crippen molar-refractivity contribution in [2.24, 2.45) is 0 Å². The fourth-order valence-corrected chi connectivity index (χ4v) is 2.73. The molecule has 1 aliphatic rings. The van der Waals surface area contributed by atoms with E-state index < -0.39 is 0 Å². The Morgan fingerprint density at radius 2 is 2.24 bits per heavy atom. The lowest BCUT2D eigenvalue weighted by atomic mass is 10.1. The summed E-state index contributed by atoms with van der Waals surface area (Å²) in [6.07, 6.45) is 2.41. The highest BCUT2D eigenvalue weighted by Crippen LogP contribution is 2.20. The maximum Gasteiger partial charge on any atom is 0.244 e. The van der Waals surface area contributed by atoms with Crippen LogP contribution in [0.3, 0.4) is 0 Å². The molecule has 0 unspecified atom stereocenters. The van der Waals surface area contributed by atoms with Crippen LogP contribution in [-0.4, -0.2) is 37.1 Å². The maximum atomic E-state index is 12.4. The summed E-state index contributed by atoms with van der Waals surface area (Å²) in [5.74, 6) is 1.47. The third-order valence-electron chi connectivity index (χ3n) is 3.61. The molecule has 0 aromatic carbocycles. The molecule has 3 rings (SSSR count). The molecule has 0 fully saturated rings. The molecular formula is C14H16ClN5O. The van der Waals surface area contributed by atoms with Gasteiger partial charge in [-0.15, -0.1) is 0 Å². The van der Waals surface area contributed by atoms with Gasteiger partial charge in [-0.25, -0.2) is 9.67 Å². The maximum absolute atomic E-state index is 12.4. The van der Waals surface area contributed by atoms with E-state index in [9.17, 15) is 4.79 Å². The van der Waals surface area contributed by atoms with E-state index in [-0.39, 0.29) is 12.5 Å². The molecule has 0 aliphatic carbocycles. The van der Waals surface area contributed by atoms with Crippen molar-refractivity contribution in [3.8, 4) is 0 Å². The van der Waals surface area contributed by atoms with Gasteiger partial charge in [0.05, 0.1) is 5.02 Å². The van der Waals surface area contributed by atoms with Gasteiger partial charge in [0.1, 0.15) is 18.2 Å². The van der Waals surface area contributed by atoms with Gasteiger partial charge < -0.3 is 4.90 Å². The first-order valence-electron chi connectivity index (χ1n) is 6.82. The lowest BCUT2D eigenvalue weighted by Gasteiger charge is -2.28. The highest BCUT2D eigenvalue weighted by Gasteiger charge is 2.22. The smallest absolute Gasteiger partial charge is 0.244 e. The van der Waals surface area contributed by atoms with E-state index >= 15 is 0 Å². The quantitative estimate of drug-likeness (QED) is 0.844. The number of aromatic nitrogens is 4. The average Bonchev–Trinajstić information content (AvgIpc) is 2.76. The minimum atomic E-state index is 0.0358. The van der Waals surface area contributed by atoms with Crippen molar-refractivity contribution in [3.63, 3.8) is 0 Å². The molecule has 0 atom stereocenters. The Labute approximate surface area is 127 Å². The second kappa shape index (κ2) is 5.44. The lowest BCUT2D eigenvalue weighted by molar-refractivity contribution is -0.133. The van der Waals surface area contributed by atoms with Gasteiger partial charge in [0.2, 0.25) is 5.91 Å². The summed E-state index contributed by atoms with van der Waals surface area (Å²) in [5, 5.41) is 4.83. The molecule has 0 saturated heterocycles. The highest BCUT2D eigenvalue weighted by atomic mass is 35.5. The Kier molecular flexibility index (Phi) is 3.63. The third-order valence-corrected chi connectivity index (χ3v) is 3.81. The first-order valence-corrected chi connectivity index (χ1v) is 7.20. The van der Waals surface area contributed by atoms with Crippen molar-refractivity contribution in [3.05, 3.63) is 40.2 Å². The molecule has 0 bridgehead atoms. The van der Waals surface area contributed by atoms with Crippen LogP contribution in [0.2, 0.25) is 5.02 Å². The van der Waals surface area contributed by atoms with Gasteiger partial charge in [-0.05, 0) is 25.5 Å². The number of hydrogen-bond donors (Lipinski definition) is 0. The zero-order chi connectivity index (χ0) is 15.0. The first kappa shape index (κ1) is 14.0. The number of rotatable bonds is 2. The fraction of sp³-hybridized carbons (Fsp3) is 0.429. The first-order chi connectivity index (χ1) is 10.0. The van der Waals surface area contributed by atoms with Gasteiger partial charge in [-0.1, -0.05) is 11.6 Å². The van der Waals surface area contributed by atoms with E-state index in [4.69, 9.17) is 11.6 Å². The van der Waals surface area contributed by atoms with Crippen molar-refractivity contribution in [1.29, 1.82) is 0 Å². The minimum absolute atomic E-state index is 0.0358. The van der Waals surface area contributed by atoms with Crippen LogP contribution in [0.1, 0.15) is 22.9 Å². The van der Waals surface area contributed by atoms with Gasteiger partial charge in [-0.2, -0.15) is 5.10 Å². The monoisotopic (exact) mass is 305 g/mol. The van der Waals surface area contributed by atoms with E-state index in [1.54, 1.807) is 10.9 Å². The second-order valence-corrected chi connectivity index (χ2v) is 5.62. The molecule has 7 heteroatoms. The van der Waals surface area contributed by atoms with Crippen LogP contribution in [-0.2, 0) is 24.3 Å². The van der Waals surface area contributed by atoms with Gasteiger partial charge in [0.15, 0.2) is 0 Å². The fourth-order valence-electron chi connectivity index (χ4n) is 2.55. The third kappa shape index (κ3) is 2.90. The summed E-state index contributed by atoms with van der Waals surface area (Å²) in [5.41, 5.74) is 2.05. The van der Waals surface area contributed by atoms with Crippen LogP contribution in [0, 0.1) is 13.8 Å². The molecule has 0 radical (unpaired) electrons. The van der Waals surface area contributed by atoms with Crippen LogP contribution in [0.5, 0.6) is 0 Å². The van der Waals surface area contributed by atoms with Crippen molar-refractivity contribution in [2.75, 3.05) is 6.54 Å². The van der Waals surface area contributed by atoms with Crippen LogP contribution >= 0.6 is 11.6 Å². The summed E-state index contributed by atoms with van der Waals surface area (Å²) >= 11 is 5.97. The summed E-state index contributed by atoms with van der Waals surface area (Å²) in [6.45, 7) is 5.11. The average molecular weight is 306 g/mol. The van der Waals surface area contributed by atoms with Crippen molar-refractivity contribution >= 4 is 17.5 Å². The molecule has 1 amide bonds. The molecule has 110 valence electrons. The van der Waals surface area contributed by atoms with Crippen molar-refractivity contribution < 1.29 is 4.79 Å². The summed E-state index contributed by atoms with van der Waals surface area (Å²) in [7, 11) is 0. The highest BCUT2D eigenvalue weighted by molar-refractivity contribution is 6.30. The normalized spacial score (nSPS) is 14.1. The van der Waals surface area contributed by atoms with Crippen LogP contribution in [0.25, 0.3) is 0 Å². The molecule has 21 heavy (non-hydrogen) atoms. The van der Waals surface area contributed by atoms with E-state index in [1.165, 1.54) is 0 Å². The Morgan fingerprint density at radius 1 is 1.43 bits per heavy atom. The number of aryl methyl sites for hydroxylation is 2. The number of amides is 1. The molecular weight excluding hydrogens is 290 g/mol. The Morgan fingerprint density at radius 3 is 2.95 bits per heavy atom. The molecule has 6 nitrogen and oxygen atoms in total. The molecule has 0 N–H and O–H groups in total. The van der Waals surface area contributed by atoms with E-state index in [1.807, 2.05) is 24.8 Å². The van der Waals surface area contributed by atoms with Crippen LogP contribution in [0.4, 0.5) is 0 Å². The number of carbonyl (C=O) groups is 1. The number of carbonyl (C=O) groups excluding carboxylic acids is 1. The SMILES string of the molecule is Cc1nc(C)n(CC(=O)N2CCc3ncc(Cl)cc3C2)n1. The van der Waals surface area contributed by atoms with Gasteiger partial charge in [-0.3, -0.25) is 9.78 Å². The zero-order valence-corrected chi connectivity index (χ0v) is 12.8. The molecule has 0 spiro atoms. The van der Waals surface area contributed by atoms with E-state index in [2.05, 4.69) is 15.1 Å². The Bertz CT molecular complexity index is 697. The summed E-state index contributed by atoms with van der Waals surface area (Å²) < 4.78 is 1.64. The molecule has 2 aromatic heterocycles. The number of halogens is 1. The van der Waals surface area contributed by atoms with E-state index in [0.717, 1.165) is 23.5 Å². The van der Waals surface area contributed by atoms with Gasteiger partial charge in [0.25, 0.3) is 0 Å². The summed E-state index contributed by atoms with van der Waals surface area (Å²) in [6, 6.07) is 1.88. The Hall–Kier alpha value is -1.95. The van der Waals surface area contributed by atoms with Crippen molar-refractivity contribution in [2.45, 2.75) is 33.4 Å². The number of nitrogens with zero attached hydrogens (tertiary/aromatic N) is 5. The van der Waals surface area contributed by atoms with Crippen molar-refractivity contribution in [1.82, 2.24) is 24.6 Å². The molecule has 2 aromatic rings. The summed E-state index contributed by atoms with van der Waals surface area (Å²) in [4.78, 5) is 22.8. The number of fused-ring (bicyclic) bond motifs is 1. The zero-order valence-electron chi connectivity index (χ0n) is 12.0. The van der Waals surface area contributed by atoms with Crippen LogP contribution < -0.4 is 0 Å². The standard InChI is InChI=1S/C14H16ClN5O/c1-9-17-10(2)20(18-9)8-14(21)19-4-3-13-11(7-19)5-12(15)6-16-13/h5-6H,3-4,7-8H2,1-2H3. The minimum Gasteiger partial charge on any atom is -0.336 e. The largest absolute Gasteiger partial charge is 0.336 e. The topological polar surface area (TPSA) is 63.9 Å². The van der Waals surface area contributed by atoms with E-state index in [0.29, 0.717) is 23.9 Å². The van der Waals surface area contributed by atoms with Gasteiger partial charge in [0, 0.05) is 31.4 Å².